The molecule has 1 aromatic rings. The molecule has 0 aliphatic carbocycles. The van der Waals surface area contributed by atoms with Gasteiger partial charge in [0.05, 0.1) is 12.6 Å². The van der Waals surface area contributed by atoms with Gasteiger partial charge in [-0.25, -0.2) is 0 Å². The minimum absolute atomic E-state index is 0.0805. The van der Waals surface area contributed by atoms with E-state index in [0.29, 0.717) is 50.4 Å². The van der Waals surface area contributed by atoms with Gasteiger partial charge in [-0.05, 0) is 36.0 Å². The first-order chi connectivity index (χ1) is 15.3. The van der Waals surface area contributed by atoms with Gasteiger partial charge in [-0.1, -0.05) is 13.0 Å². The predicted octanol–water partition coefficient (Wildman–Crippen LogP) is -2.41. The quantitative estimate of drug-likeness (QED) is 0.191. The molecule has 0 radical (unpaired) electrons. The van der Waals surface area contributed by atoms with Crippen molar-refractivity contribution in [1.29, 1.82) is 0 Å². The van der Waals surface area contributed by atoms with E-state index in [-0.39, 0.29) is 18.7 Å². The van der Waals surface area contributed by atoms with Gasteiger partial charge in [0.2, 0.25) is 17.7 Å². The molecule has 0 saturated heterocycles. The molecule has 0 bridgehead atoms. The third kappa shape index (κ3) is 7.00. The second kappa shape index (κ2) is 12.5. The average molecular weight is 448 g/mol. The molecule has 2 rings (SSSR count). The van der Waals surface area contributed by atoms with Gasteiger partial charge < -0.3 is 42.4 Å². The Morgan fingerprint density at radius 1 is 1.22 bits per heavy atom. The Kier molecular flexibility index (Phi) is 10.1. The maximum Gasteiger partial charge on any atom is 0.491 e. The van der Waals surface area contributed by atoms with E-state index < -0.39 is 31.0 Å². The number of rotatable bonds is 12. The molecule has 3 amide bonds. The number of carbonyl (C=O) groups is 3. The van der Waals surface area contributed by atoms with Gasteiger partial charge in [0.15, 0.2) is 0 Å². The highest BCUT2D eigenvalue weighted by Gasteiger charge is 2.28. The Morgan fingerprint density at radius 2 is 1.91 bits per heavy atom. The number of anilines is 1. The van der Waals surface area contributed by atoms with Crippen LogP contribution in [0, 0.1) is 0 Å². The molecule has 0 spiro atoms. The Morgan fingerprint density at radius 3 is 2.53 bits per heavy atom. The summed E-state index contributed by atoms with van der Waals surface area (Å²) >= 11 is 0. The highest BCUT2D eigenvalue weighted by molar-refractivity contribution is 6.61. The number of carbonyl (C=O) groups excluding carboxylic acids is 3. The van der Waals surface area contributed by atoms with E-state index in [1.54, 1.807) is 30.0 Å². The van der Waals surface area contributed by atoms with Gasteiger partial charge >= 0.3 is 7.12 Å². The molecule has 9 N–H and O–H groups in total. The summed E-state index contributed by atoms with van der Waals surface area (Å²) in [6, 6.07) is 3.38. The van der Waals surface area contributed by atoms with Crippen molar-refractivity contribution in [3.05, 3.63) is 23.8 Å². The molecule has 2 atom stereocenters. The smallest absolute Gasteiger partial charge is 0.423 e. The molecule has 11 nitrogen and oxygen atoms in total. The van der Waals surface area contributed by atoms with Gasteiger partial charge in [0.1, 0.15) is 6.04 Å². The summed E-state index contributed by atoms with van der Waals surface area (Å²) in [7, 11) is -1.02. The largest absolute Gasteiger partial charge is 0.491 e. The molecule has 32 heavy (non-hydrogen) atoms. The number of amides is 3. The molecule has 0 aromatic heterocycles. The highest BCUT2D eigenvalue weighted by Crippen LogP contribution is 2.15. The number of fused-ring (bicyclic) bond motifs is 1. The summed E-state index contributed by atoms with van der Waals surface area (Å²) in [6.45, 7) is 3.50. The van der Waals surface area contributed by atoms with Crippen LogP contribution in [0.2, 0.25) is 0 Å². The first-order valence-electron chi connectivity index (χ1n) is 10.8. The summed E-state index contributed by atoms with van der Waals surface area (Å²) in [5, 5.41) is 15.2. The zero-order valence-electron chi connectivity index (χ0n) is 18.4. The Hall–Kier alpha value is -2.51. The second-order valence-corrected chi connectivity index (χ2v) is 7.64. The maximum atomic E-state index is 12.6. The number of hydrogen-bond donors (Lipinski definition) is 6. The van der Waals surface area contributed by atoms with Crippen LogP contribution in [0.4, 0.5) is 5.69 Å². The van der Waals surface area contributed by atoms with Crippen molar-refractivity contribution in [1.82, 2.24) is 10.2 Å². The van der Waals surface area contributed by atoms with Crippen LogP contribution >= 0.6 is 0 Å². The molecule has 1 aliphatic heterocycles. The van der Waals surface area contributed by atoms with Gasteiger partial charge in [0.25, 0.3) is 0 Å². The SMILES string of the molecule is CC[C@@H](NC(=O)[C@@H](N)CCC(=O)N(CCN)CCN)C(=O)Nc1ccc2c(c1)B(O)OC2. The zero-order valence-corrected chi connectivity index (χ0v) is 18.4. The fraction of sp³-hybridized carbons (Fsp3) is 0.550. The van der Waals surface area contributed by atoms with E-state index in [2.05, 4.69) is 10.6 Å². The minimum Gasteiger partial charge on any atom is -0.423 e. The molecule has 0 saturated carbocycles. The number of benzene rings is 1. The molecular weight excluding hydrogens is 415 g/mol. The van der Waals surface area contributed by atoms with E-state index >= 15 is 0 Å². The lowest BCUT2D eigenvalue weighted by Crippen LogP contribution is -2.50. The fourth-order valence-corrected chi connectivity index (χ4v) is 3.39. The van der Waals surface area contributed by atoms with Crippen LogP contribution in [0.5, 0.6) is 0 Å². The Bertz CT molecular complexity index is 805. The minimum atomic E-state index is -1.02. The third-order valence-electron chi connectivity index (χ3n) is 5.27. The molecule has 176 valence electrons. The lowest BCUT2D eigenvalue weighted by Gasteiger charge is -2.23. The van der Waals surface area contributed by atoms with Crippen molar-refractivity contribution in [3.63, 3.8) is 0 Å². The maximum absolute atomic E-state index is 12.6. The summed E-state index contributed by atoms with van der Waals surface area (Å²) in [6.07, 6.45) is 0.564. The predicted molar refractivity (Wildman–Crippen MR) is 122 cm³/mol. The van der Waals surface area contributed by atoms with Crippen molar-refractivity contribution in [2.75, 3.05) is 31.5 Å². The second-order valence-electron chi connectivity index (χ2n) is 7.64. The molecule has 1 aromatic carbocycles. The van der Waals surface area contributed by atoms with Crippen molar-refractivity contribution in [2.24, 2.45) is 17.2 Å². The topological polar surface area (TPSA) is 186 Å². The molecule has 0 unspecified atom stereocenters. The van der Waals surface area contributed by atoms with E-state index in [1.807, 2.05) is 0 Å². The van der Waals surface area contributed by atoms with Crippen molar-refractivity contribution in [3.8, 4) is 0 Å². The fourth-order valence-electron chi connectivity index (χ4n) is 3.39. The van der Waals surface area contributed by atoms with E-state index in [4.69, 9.17) is 21.9 Å². The standard InChI is InChI=1S/C20H33BN6O5/c1-2-17(20(30)25-14-4-3-13-12-32-21(31)15(13)11-14)26-19(29)16(24)5-6-18(28)27(9-7-22)10-8-23/h3-4,11,16-17,31H,2,5-10,12,22-24H2,1H3,(H,25,30)(H,26,29)/t16-,17+/m0/s1. The molecule has 12 heteroatoms. The lowest BCUT2D eigenvalue weighted by molar-refractivity contribution is -0.131. The van der Waals surface area contributed by atoms with Crippen LogP contribution in [0.15, 0.2) is 18.2 Å². The van der Waals surface area contributed by atoms with Crippen LogP contribution < -0.4 is 33.3 Å². The van der Waals surface area contributed by atoms with E-state index in [9.17, 15) is 19.4 Å². The van der Waals surface area contributed by atoms with Gasteiger partial charge in [-0.15, -0.1) is 0 Å². The van der Waals surface area contributed by atoms with Crippen LogP contribution in [-0.2, 0) is 25.6 Å². The third-order valence-corrected chi connectivity index (χ3v) is 5.27. The summed E-state index contributed by atoms with van der Waals surface area (Å²) < 4.78 is 5.14. The number of nitrogens with zero attached hydrogens (tertiary/aromatic N) is 1. The van der Waals surface area contributed by atoms with Crippen molar-refractivity contribution >= 4 is 36.0 Å². The van der Waals surface area contributed by atoms with Gasteiger partial charge in [-0.2, -0.15) is 0 Å². The summed E-state index contributed by atoms with van der Waals surface area (Å²) in [4.78, 5) is 38.9. The molecule has 1 heterocycles. The monoisotopic (exact) mass is 448 g/mol. The average Bonchev–Trinajstić information content (AvgIpc) is 3.15. The first-order valence-corrected chi connectivity index (χ1v) is 10.8. The number of nitrogens with one attached hydrogen (secondary N) is 2. The van der Waals surface area contributed by atoms with Crippen LogP contribution in [-0.4, -0.2) is 73.0 Å². The zero-order chi connectivity index (χ0) is 23.7. The normalized spacial score (nSPS) is 14.5. The van der Waals surface area contributed by atoms with Crippen molar-refractivity contribution in [2.45, 2.75) is 44.9 Å². The van der Waals surface area contributed by atoms with E-state index in [1.165, 1.54) is 0 Å². The number of nitrogens with two attached hydrogens (primary N) is 3. The Balaban J connectivity index is 1.87. The molecular formula is C20H33BN6O5. The van der Waals surface area contributed by atoms with Crippen LogP contribution in [0.25, 0.3) is 0 Å². The van der Waals surface area contributed by atoms with Gasteiger partial charge in [-0.3, -0.25) is 14.4 Å². The summed E-state index contributed by atoms with van der Waals surface area (Å²) in [5.41, 5.74) is 18.9. The van der Waals surface area contributed by atoms with Crippen LogP contribution in [0.3, 0.4) is 0 Å². The van der Waals surface area contributed by atoms with E-state index in [0.717, 1.165) is 5.56 Å². The highest BCUT2D eigenvalue weighted by atomic mass is 16.5. The molecule has 0 fully saturated rings. The van der Waals surface area contributed by atoms with Gasteiger partial charge in [0, 0.05) is 38.3 Å². The summed E-state index contributed by atoms with van der Waals surface area (Å²) in [5.74, 6) is -1.09. The first kappa shape index (κ1) is 25.8. The van der Waals surface area contributed by atoms with Crippen LogP contribution in [0.1, 0.15) is 31.7 Å². The van der Waals surface area contributed by atoms with Crippen molar-refractivity contribution < 1.29 is 24.1 Å². The number of hydrogen-bond acceptors (Lipinski definition) is 8. The lowest BCUT2D eigenvalue weighted by atomic mass is 9.79. The molecule has 1 aliphatic rings. The Labute approximate surface area is 188 Å².